The van der Waals surface area contributed by atoms with Crippen molar-refractivity contribution in [3.63, 3.8) is 0 Å². The molecule has 0 rings (SSSR count). The Bertz CT molecular complexity index is 136. The summed E-state index contributed by atoms with van der Waals surface area (Å²) in [5, 5.41) is 15.2. The molecule has 0 aliphatic rings. The summed E-state index contributed by atoms with van der Waals surface area (Å²) in [5.74, 6) is -0.193. The molecule has 0 fully saturated rings. The van der Waals surface area contributed by atoms with E-state index < -0.39 is 0 Å². The van der Waals surface area contributed by atoms with E-state index in [9.17, 15) is 4.79 Å². The average molecular weight is 248 g/mol. The molecule has 0 amide bonds. The van der Waals surface area contributed by atoms with Gasteiger partial charge in [-0.25, -0.2) is 0 Å². The molecule has 0 aliphatic heterocycles. The Morgan fingerprint density at radius 1 is 1.18 bits per heavy atom. The molecule has 0 heterocycles. The molecule has 0 bridgehead atoms. The van der Waals surface area contributed by atoms with Crippen LogP contribution in [0.5, 0.6) is 0 Å². The zero-order valence-corrected chi connectivity index (χ0v) is 11.6. The van der Waals surface area contributed by atoms with Crippen LogP contribution in [0.4, 0.5) is 0 Å². The SMILES string of the molecule is C=CC.C=CC.CCCOC(C)=O.OCCO. The number of hydrogen-bond donors (Lipinski definition) is 2. The standard InChI is InChI=1S/C5H10O2.2C3H6.C2H6O2/c1-3-4-7-5(2)6;2*1-3-2;3-1-2-4/h3-4H2,1-2H3;2*3H,1H2,2H3;3-4H,1-2H2. The van der Waals surface area contributed by atoms with Crippen molar-refractivity contribution in [2.45, 2.75) is 34.1 Å². The van der Waals surface area contributed by atoms with E-state index in [1.165, 1.54) is 6.92 Å². The van der Waals surface area contributed by atoms with Gasteiger partial charge < -0.3 is 14.9 Å². The van der Waals surface area contributed by atoms with Crippen molar-refractivity contribution in [3.8, 4) is 0 Å². The molecule has 0 aromatic heterocycles. The number of allylic oxidation sites excluding steroid dienone is 2. The second-order valence-corrected chi connectivity index (χ2v) is 2.60. The van der Waals surface area contributed by atoms with Crippen LogP contribution in [-0.4, -0.2) is 36.0 Å². The summed E-state index contributed by atoms with van der Waals surface area (Å²) in [7, 11) is 0. The zero-order valence-electron chi connectivity index (χ0n) is 11.6. The molecule has 0 aromatic carbocycles. The van der Waals surface area contributed by atoms with E-state index in [1.54, 1.807) is 12.2 Å². The number of rotatable bonds is 3. The Balaban J connectivity index is -0.0000000726. The topological polar surface area (TPSA) is 66.8 Å². The van der Waals surface area contributed by atoms with Crippen LogP contribution in [0.25, 0.3) is 0 Å². The molecule has 4 nitrogen and oxygen atoms in total. The predicted molar refractivity (Wildman–Crippen MR) is 72.8 cm³/mol. The van der Waals surface area contributed by atoms with Crippen LogP contribution in [0.2, 0.25) is 0 Å². The lowest BCUT2D eigenvalue weighted by atomic mass is 10.5. The molecule has 104 valence electrons. The van der Waals surface area contributed by atoms with Crippen LogP contribution >= 0.6 is 0 Å². The molecular weight excluding hydrogens is 220 g/mol. The van der Waals surface area contributed by atoms with Gasteiger partial charge in [0.1, 0.15) is 0 Å². The lowest BCUT2D eigenvalue weighted by Crippen LogP contribution is -1.98. The maximum absolute atomic E-state index is 9.98. The van der Waals surface area contributed by atoms with E-state index in [0.29, 0.717) is 6.61 Å². The molecule has 0 saturated heterocycles. The zero-order chi connectivity index (χ0) is 14.5. The summed E-state index contributed by atoms with van der Waals surface area (Å²) in [5.41, 5.74) is 0. The van der Waals surface area contributed by atoms with Gasteiger partial charge in [-0.1, -0.05) is 19.1 Å². The van der Waals surface area contributed by atoms with E-state index in [2.05, 4.69) is 17.9 Å². The number of ether oxygens (including phenoxy) is 1. The van der Waals surface area contributed by atoms with Gasteiger partial charge in [0.2, 0.25) is 0 Å². The van der Waals surface area contributed by atoms with Gasteiger partial charge in [0.05, 0.1) is 19.8 Å². The van der Waals surface area contributed by atoms with Gasteiger partial charge in [-0.05, 0) is 20.3 Å². The first-order valence-corrected chi connectivity index (χ1v) is 5.51. The van der Waals surface area contributed by atoms with Crippen LogP contribution in [0.15, 0.2) is 25.3 Å². The van der Waals surface area contributed by atoms with Crippen molar-refractivity contribution in [1.82, 2.24) is 0 Å². The third-order valence-corrected chi connectivity index (χ3v) is 0.609. The number of carbonyl (C=O) groups is 1. The minimum absolute atomic E-state index is 0.125. The highest BCUT2D eigenvalue weighted by Crippen LogP contribution is 1.78. The number of carbonyl (C=O) groups excluding carboxylic acids is 1. The molecule has 0 aromatic rings. The van der Waals surface area contributed by atoms with Gasteiger partial charge in [-0.3, -0.25) is 4.79 Å². The quantitative estimate of drug-likeness (QED) is 0.594. The summed E-state index contributed by atoms with van der Waals surface area (Å²) in [4.78, 5) is 9.98. The largest absolute Gasteiger partial charge is 0.466 e. The van der Waals surface area contributed by atoms with Gasteiger partial charge >= 0.3 is 5.97 Å². The van der Waals surface area contributed by atoms with E-state index in [4.69, 9.17) is 10.2 Å². The Morgan fingerprint density at radius 3 is 1.53 bits per heavy atom. The fraction of sp³-hybridized carbons (Fsp3) is 0.615. The monoisotopic (exact) mass is 248 g/mol. The first-order chi connectivity index (χ1) is 8.01. The van der Waals surface area contributed by atoms with E-state index in [-0.39, 0.29) is 19.2 Å². The Kier molecular flexibility index (Phi) is 53.3. The lowest BCUT2D eigenvalue weighted by molar-refractivity contribution is -0.140. The predicted octanol–water partition coefficient (Wildman–Crippen LogP) is 2.32. The normalized spacial score (nSPS) is 6.71. The first-order valence-electron chi connectivity index (χ1n) is 5.51. The first kappa shape index (κ1) is 24.9. The molecular formula is C13H28O4. The number of aliphatic hydroxyl groups is 2. The minimum atomic E-state index is -0.193. The van der Waals surface area contributed by atoms with Crippen LogP contribution < -0.4 is 0 Å². The summed E-state index contributed by atoms with van der Waals surface area (Å²) in [6, 6.07) is 0. The molecule has 0 aliphatic carbocycles. The van der Waals surface area contributed by atoms with Crippen molar-refractivity contribution in [2.75, 3.05) is 19.8 Å². The third kappa shape index (κ3) is 164. The molecule has 0 saturated carbocycles. The van der Waals surface area contributed by atoms with Crippen LogP contribution in [0.3, 0.4) is 0 Å². The van der Waals surface area contributed by atoms with Crippen LogP contribution in [0.1, 0.15) is 34.1 Å². The highest BCUT2D eigenvalue weighted by molar-refractivity contribution is 5.65. The second kappa shape index (κ2) is 36.4. The molecule has 17 heavy (non-hydrogen) atoms. The fourth-order valence-electron chi connectivity index (χ4n) is 0.246. The second-order valence-electron chi connectivity index (χ2n) is 2.60. The van der Waals surface area contributed by atoms with E-state index in [0.717, 1.165) is 6.42 Å². The number of aliphatic hydroxyl groups excluding tert-OH is 2. The molecule has 0 radical (unpaired) electrons. The summed E-state index contributed by atoms with van der Waals surface area (Å²) < 4.78 is 4.55. The Labute approximate surface area is 106 Å². The smallest absolute Gasteiger partial charge is 0.302 e. The van der Waals surface area contributed by atoms with Gasteiger partial charge in [0.25, 0.3) is 0 Å². The molecule has 0 atom stereocenters. The molecule has 2 N–H and O–H groups in total. The van der Waals surface area contributed by atoms with E-state index in [1.807, 2.05) is 20.8 Å². The molecule has 4 heteroatoms. The van der Waals surface area contributed by atoms with Crippen molar-refractivity contribution in [3.05, 3.63) is 25.3 Å². The van der Waals surface area contributed by atoms with Gasteiger partial charge in [-0.15, -0.1) is 13.2 Å². The summed E-state index contributed by atoms with van der Waals surface area (Å²) in [6.07, 6.45) is 4.40. The maximum Gasteiger partial charge on any atom is 0.302 e. The number of esters is 1. The maximum atomic E-state index is 9.98. The van der Waals surface area contributed by atoms with Crippen LogP contribution in [0, 0.1) is 0 Å². The Morgan fingerprint density at radius 2 is 1.47 bits per heavy atom. The molecule has 0 spiro atoms. The van der Waals surface area contributed by atoms with Gasteiger partial charge in [0, 0.05) is 6.92 Å². The minimum Gasteiger partial charge on any atom is -0.466 e. The van der Waals surface area contributed by atoms with E-state index >= 15 is 0 Å². The fourth-order valence-corrected chi connectivity index (χ4v) is 0.246. The Hall–Kier alpha value is -1.13. The van der Waals surface area contributed by atoms with Crippen molar-refractivity contribution in [2.24, 2.45) is 0 Å². The lowest BCUT2D eigenvalue weighted by Gasteiger charge is -1.93. The summed E-state index contributed by atoms with van der Waals surface area (Å²) in [6.45, 7) is 14.2. The van der Waals surface area contributed by atoms with Gasteiger partial charge in [-0.2, -0.15) is 0 Å². The highest BCUT2D eigenvalue weighted by Gasteiger charge is 1.85. The van der Waals surface area contributed by atoms with Crippen molar-refractivity contribution in [1.29, 1.82) is 0 Å². The number of hydrogen-bond acceptors (Lipinski definition) is 4. The van der Waals surface area contributed by atoms with Crippen molar-refractivity contribution >= 4 is 5.97 Å². The van der Waals surface area contributed by atoms with Crippen molar-refractivity contribution < 1.29 is 19.7 Å². The van der Waals surface area contributed by atoms with Crippen LogP contribution in [-0.2, 0) is 9.53 Å². The third-order valence-electron chi connectivity index (χ3n) is 0.609. The highest BCUT2D eigenvalue weighted by atomic mass is 16.5. The summed E-state index contributed by atoms with van der Waals surface area (Å²) >= 11 is 0. The average Bonchev–Trinajstić information content (AvgIpc) is 2.29. The van der Waals surface area contributed by atoms with Gasteiger partial charge in [0.15, 0.2) is 0 Å². The molecule has 0 unspecified atom stereocenters.